The number of hydrogen-bond donors (Lipinski definition) is 0. The van der Waals surface area contributed by atoms with Crippen LogP contribution >= 0.6 is 0 Å². The van der Waals surface area contributed by atoms with Crippen LogP contribution in [0.15, 0.2) is 59.9 Å². The molecule has 0 amide bonds. The molecule has 1 atom stereocenters. The molecule has 2 nitrogen and oxygen atoms in total. The normalized spacial score (nSPS) is 17.8. The number of benzene rings is 2. The molecule has 3 heteroatoms. The lowest BCUT2D eigenvalue weighted by molar-refractivity contribution is 0.387. The Hall–Kier alpha value is -2.26. The van der Waals surface area contributed by atoms with Crippen LogP contribution in [0.1, 0.15) is 24.1 Å². The smallest absolute Gasteiger partial charge is 0.0794 e. The van der Waals surface area contributed by atoms with Gasteiger partial charge in [0.1, 0.15) is 0 Å². The molecule has 0 spiro atoms. The molecule has 1 aromatic heterocycles. The van der Waals surface area contributed by atoms with Crippen molar-refractivity contribution in [1.29, 1.82) is 0 Å². The van der Waals surface area contributed by atoms with E-state index in [0.717, 1.165) is 6.54 Å². The molecule has 0 saturated heterocycles. The highest BCUT2D eigenvalue weighted by atomic mass is 28.3. The van der Waals surface area contributed by atoms with Gasteiger partial charge in [-0.05, 0) is 54.6 Å². The van der Waals surface area contributed by atoms with Crippen LogP contribution < -0.4 is 0 Å². The Morgan fingerprint density at radius 1 is 1.00 bits per heavy atom. The van der Waals surface area contributed by atoms with E-state index in [1.807, 2.05) is 0 Å². The third-order valence-electron chi connectivity index (χ3n) is 5.90. The second-order valence-electron chi connectivity index (χ2n) is 8.79. The van der Waals surface area contributed by atoms with Crippen molar-refractivity contribution in [3.05, 3.63) is 71.1 Å². The van der Waals surface area contributed by atoms with Gasteiger partial charge in [-0.15, -0.1) is 0 Å². The molecular weight excluding hydrogens is 344 g/mol. The van der Waals surface area contributed by atoms with Crippen molar-refractivity contribution in [3.8, 4) is 0 Å². The van der Waals surface area contributed by atoms with E-state index < -0.39 is 8.07 Å². The maximum absolute atomic E-state index is 2.44. The third-order valence-corrected chi connectivity index (χ3v) is 7.93. The lowest BCUT2D eigenvalue weighted by Crippen LogP contribution is -2.29. The number of fused-ring (bicyclic) bond motifs is 3. The first-order valence-electron chi connectivity index (χ1n) is 9.95. The molecule has 0 radical (unpaired) electrons. The van der Waals surface area contributed by atoms with Crippen LogP contribution in [0, 0.1) is 6.92 Å². The van der Waals surface area contributed by atoms with Gasteiger partial charge >= 0.3 is 0 Å². The number of rotatable bonds is 3. The zero-order valence-corrected chi connectivity index (χ0v) is 18.4. The van der Waals surface area contributed by atoms with Gasteiger partial charge in [0.2, 0.25) is 0 Å². The van der Waals surface area contributed by atoms with Crippen LogP contribution in [0.5, 0.6) is 0 Å². The average Bonchev–Trinajstić information content (AvgIpc) is 2.93. The van der Waals surface area contributed by atoms with Crippen molar-refractivity contribution in [1.82, 2.24) is 9.47 Å². The first-order chi connectivity index (χ1) is 12.8. The molecule has 0 aliphatic carbocycles. The Balaban J connectivity index is 1.87. The second-order valence-corrected chi connectivity index (χ2v) is 13.9. The maximum Gasteiger partial charge on any atom is 0.0794 e. The molecule has 2 heterocycles. The first kappa shape index (κ1) is 18.1. The molecule has 1 unspecified atom stereocenters. The number of allylic oxidation sites excluding steroid dienone is 2. The fourth-order valence-corrected chi connectivity index (χ4v) is 5.50. The van der Waals surface area contributed by atoms with Gasteiger partial charge in [0.05, 0.1) is 14.1 Å². The van der Waals surface area contributed by atoms with Gasteiger partial charge in [-0.2, -0.15) is 0 Å². The van der Waals surface area contributed by atoms with Crippen LogP contribution in [-0.2, 0) is 6.54 Å². The summed E-state index contributed by atoms with van der Waals surface area (Å²) in [4.78, 5) is 2.39. The predicted molar refractivity (Wildman–Crippen MR) is 121 cm³/mol. The number of para-hydroxylation sites is 1. The summed E-state index contributed by atoms with van der Waals surface area (Å²) in [6.07, 6.45) is 7.13. The fraction of sp³-hybridized carbons (Fsp3) is 0.333. The van der Waals surface area contributed by atoms with E-state index in [2.05, 4.69) is 105 Å². The molecule has 0 fully saturated rings. The van der Waals surface area contributed by atoms with E-state index in [9.17, 15) is 0 Å². The predicted octanol–water partition coefficient (Wildman–Crippen LogP) is 6.43. The van der Waals surface area contributed by atoms with Gasteiger partial charge < -0.3 is 9.47 Å². The lowest BCUT2D eigenvalue weighted by atomic mass is 9.96. The Kier molecular flexibility index (Phi) is 4.30. The molecule has 1 aliphatic heterocycles. The minimum Gasteiger partial charge on any atom is -0.370 e. The standard InChI is InChI=1S/C24H30N2Si/c1-7-26-23-11-9-8-10-19(23)21-15-20(17(2)14-24(21)26)22-13-12-18(16-25(22)3)27(4,5)6/h8-16,22H,7H2,1-6H3. The minimum atomic E-state index is -1.29. The topological polar surface area (TPSA) is 8.17 Å². The summed E-state index contributed by atoms with van der Waals surface area (Å²) in [5.74, 6) is 0. The molecule has 1 aliphatic rings. The fourth-order valence-electron chi connectivity index (χ4n) is 4.31. The number of likely N-dealkylation sites (N-methyl/N-ethyl adjacent to an activating group) is 1. The Morgan fingerprint density at radius 3 is 2.41 bits per heavy atom. The van der Waals surface area contributed by atoms with Crippen LogP contribution in [-0.4, -0.2) is 24.6 Å². The largest absolute Gasteiger partial charge is 0.370 e. The summed E-state index contributed by atoms with van der Waals surface area (Å²) in [5.41, 5.74) is 5.46. The maximum atomic E-state index is 2.44. The van der Waals surface area contributed by atoms with E-state index in [-0.39, 0.29) is 0 Å². The number of aryl methyl sites for hydroxylation is 2. The van der Waals surface area contributed by atoms with E-state index >= 15 is 0 Å². The van der Waals surface area contributed by atoms with Crippen LogP contribution in [0.4, 0.5) is 0 Å². The zero-order chi connectivity index (χ0) is 19.3. The van der Waals surface area contributed by atoms with E-state index in [1.54, 1.807) is 0 Å². The molecule has 140 valence electrons. The average molecular weight is 375 g/mol. The van der Waals surface area contributed by atoms with Crippen LogP contribution in [0.3, 0.4) is 0 Å². The van der Waals surface area contributed by atoms with Crippen molar-refractivity contribution in [2.75, 3.05) is 7.05 Å². The summed E-state index contributed by atoms with van der Waals surface area (Å²) in [7, 11) is 0.921. The summed E-state index contributed by atoms with van der Waals surface area (Å²) in [5, 5.41) is 4.24. The van der Waals surface area contributed by atoms with Crippen molar-refractivity contribution in [2.45, 2.75) is 46.1 Å². The lowest BCUT2D eigenvalue weighted by Gasteiger charge is -2.33. The monoisotopic (exact) mass is 374 g/mol. The van der Waals surface area contributed by atoms with Gasteiger partial charge in [0.25, 0.3) is 0 Å². The molecule has 0 saturated carbocycles. The first-order valence-corrected chi connectivity index (χ1v) is 13.4. The number of hydrogen-bond acceptors (Lipinski definition) is 1. The van der Waals surface area contributed by atoms with Crippen LogP contribution in [0.25, 0.3) is 21.8 Å². The van der Waals surface area contributed by atoms with Gasteiger partial charge in [-0.3, -0.25) is 0 Å². The van der Waals surface area contributed by atoms with E-state index in [1.165, 1.54) is 38.1 Å². The van der Waals surface area contributed by atoms with Gasteiger partial charge in [-0.1, -0.05) is 50.0 Å². The van der Waals surface area contributed by atoms with Gasteiger partial charge in [0.15, 0.2) is 0 Å². The summed E-state index contributed by atoms with van der Waals surface area (Å²) < 4.78 is 2.44. The second kappa shape index (κ2) is 6.41. The third kappa shape index (κ3) is 2.94. The summed E-state index contributed by atoms with van der Waals surface area (Å²) in [6, 6.07) is 13.9. The van der Waals surface area contributed by atoms with Crippen molar-refractivity contribution < 1.29 is 0 Å². The molecule has 4 rings (SSSR count). The summed E-state index contributed by atoms with van der Waals surface area (Å²) in [6.45, 7) is 12.7. The van der Waals surface area contributed by atoms with Gasteiger partial charge in [-0.25, -0.2) is 0 Å². The summed E-state index contributed by atoms with van der Waals surface area (Å²) >= 11 is 0. The molecule has 0 N–H and O–H groups in total. The molecule has 0 bridgehead atoms. The zero-order valence-electron chi connectivity index (χ0n) is 17.4. The minimum absolute atomic E-state index is 0.304. The number of nitrogens with zero attached hydrogens (tertiary/aromatic N) is 2. The number of aromatic nitrogens is 1. The van der Waals surface area contributed by atoms with Crippen LogP contribution in [0.2, 0.25) is 19.6 Å². The van der Waals surface area contributed by atoms with Crippen molar-refractivity contribution in [2.24, 2.45) is 0 Å². The Bertz CT molecular complexity index is 1080. The van der Waals surface area contributed by atoms with Gasteiger partial charge in [0, 0.05) is 35.4 Å². The Morgan fingerprint density at radius 2 is 1.74 bits per heavy atom. The molecule has 2 aromatic carbocycles. The van der Waals surface area contributed by atoms with Crippen molar-refractivity contribution >= 4 is 29.9 Å². The highest BCUT2D eigenvalue weighted by molar-refractivity contribution is 6.83. The van der Waals surface area contributed by atoms with Crippen molar-refractivity contribution in [3.63, 3.8) is 0 Å². The van der Waals surface area contributed by atoms with E-state index in [4.69, 9.17) is 0 Å². The molecule has 3 aromatic rings. The quantitative estimate of drug-likeness (QED) is 0.480. The Labute approximate surface area is 163 Å². The highest BCUT2D eigenvalue weighted by Crippen LogP contribution is 2.36. The highest BCUT2D eigenvalue weighted by Gasteiger charge is 2.25. The SMILES string of the molecule is CCn1c2ccccc2c2cc(C3C=CC([Si](C)(C)C)=CN3C)c(C)cc21. The molecule has 27 heavy (non-hydrogen) atoms. The molecular formula is C24H30N2Si. The van der Waals surface area contributed by atoms with E-state index in [0.29, 0.717) is 6.04 Å².